The maximum atomic E-state index is 12.6. The molecule has 0 radical (unpaired) electrons. The molecule has 1 heterocycles. The van der Waals surface area contributed by atoms with E-state index in [2.05, 4.69) is 22.1 Å². The van der Waals surface area contributed by atoms with Gasteiger partial charge in [-0.25, -0.2) is 0 Å². The fourth-order valence-corrected chi connectivity index (χ4v) is 4.33. The highest BCUT2D eigenvalue weighted by Gasteiger charge is 2.11. The number of hydrogen-bond donors (Lipinski definition) is 2. The highest BCUT2D eigenvalue weighted by molar-refractivity contribution is 7.98. The van der Waals surface area contributed by atoms with Gasteiger partial charge in [-0.1, -0.05) is 30.3 Å². The van der Waals surface area contributed by atoms with E-state index < -0.39 is 0 Å². The van der Waals surface area contributed by atoms with Gasteiger partial charge in [-0.15, -0.1) is 23.1 Å². The van der Waals surface area contributed by atoms with Gasteiger partial charge in [-0.05, 0) is 41.3 Å². The number of nitrogens with one attached hydrogen (secondary N) is 2. The van der Waals surface area contributed by atoms with Crippen LogP contribution in [-0.4, -0.2) is 11.8 Å². The number of thioether (sulfide) groups is 1. The second-order valence-electron chi connectivity index (χ2n) is 5.92. The highest BCUT2D eigenvalue weighted by atomic mass is 32.2. The van der Waals surface area contributed by atoms with E-state index in [-0.39, 0.29) is 11.8 Å². The molecule has 0 saturated carbocycles. The number of rotatable bonds is 7. The second kappa shape index (κ2) is 9.39. The Kier molecular flexibility index (Phi) is 6.68. The number of thiophene rings is 1. The SMILES string of the molecule is CC(=O)Nc1ccc(CNC(=O)c2ccccc2SCc2cccs2)cc1. The molecule has 2 amide bonds. The Morgan fingerprint density at radius 3 is 2.48 bits per heavy atom. The van der Waals surface area contributed by atoms with Gasteiger partial charge in [0.2, 0.25) is 5.91 Å². The lowest BCUT2D eigenvalue weighted by molar-refractivity contribution is -0.114. The molecule has 2 N–H and O–H groups in total. The minimum absolute atomic E-state index is 0.0878. The first-order valence-corrected chi connectivity index (χ1v) is 10.4. The maximum absolute atomic E-state index is 12.6. The quantitative estimate of drug-likeness (QED) is 0.557. The van der Waals surface area contributed by atoms with Gasteiger partial charge < -0.3 is 10.6 Å². The first-order chi connectivity index (χ1) is 13.1. The molecule has 0 atom stereocenters. The Bertz CT molecular complexity index is 906. The minimum Gasteiger partial charge on any atom is -0.348 e. The molecule has 0 aliphatic rings. The Morgan fingerprint density at radius 2 is 1.78 bits per heavy atom. The van der Waals surface area contributed by atoms with Crippen LogP contribution in [0.1, 0.15) is 27.7 Å². The summed E-state index contributed by atoms with van der Waals surface area (Å²) in [6, 6.07) is 19.2. The van der Waals surface area contributed by atoms with Crippen molar-refractivity contribution in [2.24, 2.45) is 0 Å². The summed E-state index contributed by atoms with van der Waals surface area (Å²) in [5.41, 5.74) is 2.41. The molecule has 3 aromatic rings. The third kappa shape index (κ3) is 5.70. The van der Waals surface area contributed by atoms with E-state index >= 15 is 0 Å². The van der Waals surface area contributed by atoms with E-state index in [4.69, 9.17) is 0 Å². The summed E-state index contributed by atoms with van der Waals surface area (Å²) >= 11 is 3.39. The topological polar surface area (TPSA) is 58.2 Å². The first kappa shape index (κ1) is 19.2. The molecule has 0 fully saturated rings. The monoisotopic (exact) mass is 396 g/mol. The summed E-state index contributed by atoms with van der Waals surface area (Å²) in [6.07, 6.45) is 0. The smallest absolute Gasteiger partial charge is 0.252 e. The average molecular weight is 397 g/mol. The largest absolute Gasteiger partial charge is 0.348 e. The van der Waals surface area contributed by atoms with E-state index in [1.54, 1.807) is 23.1 Å². The van der Waals surface area contributed by atoms with Gasteiger partial charge in [0.15, 0.2) is 0 Å². The van der Waals surface area contributed by atoms with Gasteiger partial charge in [-0.2, -0.15) is 0 Å². The number of carbonyl (C=O) groups is 2. The van der Waals surface area contributed by atoms with E-state index in [0.717, 1.165) is 21.9 Å². The number of carbonyl (C=O) groups excluding carboxylic acids is 2. The molecule has 0 bridgehead atoms. The Morgan fingerprint density at radius 1 is 1.00 bits per heavy atom. The molecule has 0 saturated heterocycles. The Balaban J connectivity index is 1.60. The van der Waals surface area contributed by atoms with Crippen molar-refractivity contribution in [3.05, 3.63) is 82.0 Å². The summed E-state index contributed by atoms with van der Waals surface area (Å²) < 4.78 is 0. The summed E-state index contributed by atoms with van der Waals surface area (Å²) in [4.78, 5) is 26.0. The van der Waals surface area contributed by atoms with Crippen LogP contribution in [0.4, 0.5) is 5.69 Å². The van der Waals surface area contributed by atoms with Crippen LogP contribution in [0, 0.1) is 0 Å². The van der Waals surface area contributed by atoms with Crippen molar-refractivity contribution in [2.75, 3.05) is 5.32 Å². The molecule has 27 heavy (non-hydrogen) atoms. The first-order valence-electron chi connectivity index (χ1n) is 8.51. The lowest BCUT2D eigenvalue weighted by atomic mass is 10.2. The van der Waals surface area contributed by atoms with Crippen molar-refractivity contribution in [3.63, 3.8) is 0 Å². The molecular formula is C21H20N2O2S2. The van der Waals surface area contributed by atoms with Crippen molar-refractivity contribution >= 4 is 40.6 Å². The number of amides is 2. The standard InChI is InChI=1S/C21H20N2O2S2/c1-15(24)23-17-10-8-16(9-11-17)13-22-21(25)19-6-2-3-7-20(19)27-14-18-5-4-12-26-18/h2-12H,13-14H2,1H3,(H,22,25)(H,23,24). The van der Waals surface area contributed by atoms with Gasteiger partial charge in [-0.3, -0.25) is 9.59 Å². The lowest BCUT2D eigenvalue weighted by Gasteiger charge is -2.10. The van der Waals surface area contributed by atoms with Crippen LogP contribution in [0.2, 0.25) is 0 Å². The van der Waals surface area contributed by atoms with Crippen LogP contribution in [0.5, 0.6) is 0 Å². The van der Waals surface area contributed by atoms with Gasteiger partial charge in [0, 0.05) is 34.7 Å². The van der Waals surface area contributed by atoms with Crippen molar-refractivity contribution in [1.29, 1.82) is 0 Å². The van der Waals surface area contributed by atoms with Gasteiger partial charge in [0.25, 0.3) is 5.91 Å². The molecular weight excluding hydrogens is 376 g/mol. The van der Waals surface area contributed by atoms with E-state index in [1.807, 2.05) is 54.6 Å². The van der Waals surface area contributed by atoms with E-state index in [0.29, 0.717) is 12.1 Å². The van der Waals surface area contributed by atoms with Crippen LogP contribution in [0.25, 0.3) is 0 Å². The normalized spacial score (nSPS) is 10.4. The third-order valence-electron chi connectivity index (χ3n) is 3.81. The fourth-order valence-electron chi connectivity index (χ4n) is 2.51. The van der Waals surface area contributed by atoms with Gasteiger partial charge in [0.1, 0.15) is 0 Å². The zero-order valence-corrected chi connectivity index (χ0v) is 16.5. The van der Waals surface area contributed by atoms with Crippen LogP contribution >= 0.6 is 23.1 Å². The highest BCUT2D eigenvalue weighted by Crippen LogP contribution is 2.28. The Labute approximate surface area is 167 Å². The zero-order valence-electron chi connectivity index (χ0n) is 14.9. The van der Waals surface area contributed by atoms with Crippen LogP contribution in [0.15, 0.2) is 70.9 Å². The predicted molar refractivity (Wildman–Crippen MR) is 112 cm³/mol. The molecule has 138 valence electrons. The molecule has 2 aromatic carbocycles. The lowest BCUT2D eigenvalue weighted by Crippen LogP contribution is -2.23. The molecule has 0 unspecified atom stereocenters. The van der Waals surface area contributed by atoms with Gasteiger partial charge >= 0.3 is 0 Å². The molecule has 0 aliphatic heterocycles. The fraction of sp³-hybridized carbons (Fsp3) is 0.143. The van der Waals surface area contributed by atoms with Crippen molar-refractivity contribution in [3.8, 4) is 0 Å². The van der Waals surface area contributed by atoms with Crippen LogP contribution < -0.4 is 10.6 Å². The van der Waals surface area contributed by atoms with E-state index in [9.17, 15) is 9.59 Å². The van der Waals surface area contributed by atoms with Crippen molar-refractivity contribution < 1.29 is 9.59 Å². The molecule has 4 nitrogen and oxygen atoms in total. The molecule has 0 aliphatic carbocycles. The molecule has 3 rings (SSSR count). The number of benzene rings is 2. The summed E-state index contributed by atoms with van der Waals surface area (Å²) in [6.45, 7) is 1.91. The van der Waals surface area contributed by atoms with Crippen molar-refractivity contribution in [2.45, 2.75) is 24.1 Å². The summed E-state index contributed by atoms with van der Waals surface area (Å²) in [5.74, 6) is 0.662. The third-order valence-corrected chi connectivity index (χ3v) is 5.99. The average Bonchev–Trinajstić information content (AvgIpc) is 3.19. The van der Waals surface area contributed by atoms with Crippen LogP contribution in [0.3, 0.4) is 0 Å². The van der Waals surface area contributed by atoms with Crippen molar-refractivity contribution in [1.82, 2.24) is 5.32 Å². The minimum atomic E-state index is -0.104. The number of hydrogen-bond acceptors (Lipinski definition) is 4. The van der Waals surface area contributed by atoms with Gasteiger partial charge in [0.05, 0.1) is 5.56 Å². The maximum Gasteiger partial charge on any atom is 0.252 e. The zero-order chi connectivity index (χ0) is 19.1. The summed E-state index contributed by atoms with van der Waals surface area (Å²) in [5, 5.41) is 7.76. The second-order valence-corrected chi connectivity index (χ2v) is 7.97. The molecule has 0 spiro atoms. The predicted octanol–water partition coefficient (Wildman–Crippen LogP) is 4.93. The Hall–Kier alpha value is -2.57. The molecule has 6 heteroatoms. The summed E-state index contributed by atoms with van der Waals surface area (Å²) in [7, 11) is 0. The van der Waals surface area contributed by atoms with Crippen LogP contribution in [-0.2, 0) is 17.1 Å². The number of anilines is 1. The molecule has 1 aromatic heterocycles. The van der Waals surface area contributed by atoms with E-state index in [1.165, 1.54) is 11.8 Å².